The molecule has 1 aliphatic carbocycles. The largest absolute Gasteiger partial charge is 0.480 e. The van der Waals surface area contributed by atoms with E-state index in [-0.39, 0.29) is 11.8 Å². The van der Waals surface area contributed by atoms with Crippen LogP contribution in [0.5, 0.6) is 0 Å². The van der Waals surface area contributed by atoms with Crippen molar-refractivity contribution in [2.75, 3.05) is 6.54 Å². The quantitative estimate of drug-likeness (QED) is 0.470. The Hall–Kier alpha value is -1.06. The number of nitrogens with one attached hydrogen (secondary N) is 1. The zero-order valence-corrected chi connectivity index (χ0v) is 5.26. The van der Waals surface area contributed by atoms with Crippen molar-refractivity contribution in [2.24, 2.45) is 11.3 Å². The van der Waals surface area contributed by atoms with Crippen LogP contribution in [0.2, 0.25) is 0 Å². The fraction of sp³-hybridized carbons (Fsp3) is 0.667. The van der Waals surface area contributed by atoms with E-state index >= 15 is 0 Å². The van der Waals surface area contributed by atoms with Gasteiger partial charge in [-0.25, -0.2) is 0 Å². The molecule has 2 fully saturated rings. The lowest BCUT2D eigenvalue weighted by Crippen LogP contribution is -2.30. The Kier molecular flexibility index (Phi) is 0.760. The number of amides is 1. The van der Waals surface area contributed by atoms with Crippen molar-refractivity contribution in [1.82, 2.24) is 5.32 Å². The monoisotopic (exact) mass is 141 g/mol. The number of hydrogen-bond donors (Lipinski definition) is 2. The lowest BCUT2D eigenvalue weighted by atomic mass is 10.1. The van der Waals surface area contributed by atoms with Crippen molar-refractivity contribution in [3.63, 3.8) is 0 Å². The van der Waals surface area contributed by atoms with Gasteiger partial charge >= 0.3 is 5.97 Å². The molecule has 1 aliphatic heterocycles. The van der Waals surface area contributed by atoms with Crippen molar-refractivity contribution in [3.05, 3.63) is 0 Å². The minimum atomic E-state index is -1.01. The smallest absolute Gasteiger partial charge is 0.319 e. The van der Waals surface area contributed by atoms with Gasteiger partial charge in [0.05, 0.1) is 0 Å². The molecule has 2 N–H and O–H groups in total. The Morgan fingerprint density at radius 3 is 2.70 bits per heavy atom. The molecular formula is C6H7NO3. The summed E-state index contributed by atoms with van der Waals surface area (Å²) in [7, 11) is 0. The highest BCUT2D eigenvalue weighted by atomic mass is 16.4. The van der Waals surface area contributed by atoms with Crippen LogP contribution in [-0.2, 0) is 9.59 Å². The molecule has 4 heteroatoms. The summed E-state index contributed by atoms with van der Waals surface area (Å²) in [6.07, 6.45) is 0.536. The zero-order valence-electron chi connectivity index (χ0n) is 5.26. The molecule has 2 atom stereocenters. The zero-order chi connectivity index (χ0) is 7.35. The van der Waals surface area contributed by atoms with E-state index in [1.165, 1.54) is 0 Å². The van der Waals surface area contributed by atoms with Gasteiger partial charge in [0.15, 0.2) is 5.41 Å². The number of carbonyl (C=O) groups is 2. The highest BCUT2D eigenvalue weighted by Gasteiger charge is 2.69. The van der Waals surface area contributed by atoms with E-state index in [1.807, 2.05) is 0 Å². The van der Waals surface area contributed by atoms with Gasteiger partial charge in [-0.1, -0.05) is 0 Å². The fourth-order valence-electron chi connectivity index (χ4n) is 1.59. The third kappa shape index (κ3) is 0.394. The molecule has 0 aromatic carbocycles. The van der Waals surface area contributed by atoms with Crippen molar-refractivity contribution >= 4 is 11.9 Å². The maximum Gasteiger partial charge on any atom is 0.319 e. The van der Waals surface area contributed by atoms with Gasteiger partial charge < -0.3 is 10.4 Å². The number of carbonyl (C=O) groups excluding carboxylic acids is 1. The van der Waals surface area contributed by atoms with Crippen LogP contribution in [0.3, 0.4) is 0 Å². The van der Waals surface area contributed by atoms with E-state index in [0.717, 1.165) is 0 Å². The van der Waals surface area contributed by atoms with E-state index in [9.17, 15) is 9.59 Å². The number of piperidine rings is 1. The maximum absolute atomic E-state index is 10.9. The normalized spacial score (nSPS) is 42.4. The number of aliphatic carboxylic acids is 1. The lowest BCUT2D eigenvalue weighted by Gasteiger charge is -2.01. The summed E-state index contributed by atoms with van der Waals surface area (Å²) in [4.78, 5) is 21.4. The Labute approximate surface area is 57.2 Å². The first-order valence-electron chi connectivity index (χ1n) is 3.19. The predicted octanol–water partition coefficient (Wildman–Crippen LogP) is -0.793. The molecule has 0 bridgehead atoms. The average molecular weight is 141 g/mol. The molecule has 1 saturated heterocycles. The summed E-state index contributed by atoms with van der Waals surface area (Å²) in [5, 5.41) is 11.1. The summed E-state index contributed by atoms with van der Waals surface area (Å²) in [6, 6.07) is 0. The third-order valence-electron chi connectivity index (χ3n) is 2.40. The third-order valence-corrected chi connectivity index (χ3v) is 2.40. The lowest BCUT2D eigenvalue weighted by molar-refractivity contribution is -0.148. The molecule has 0 radical (unpaired) electrons. The van der Waals surface area contributed by atoms with Crippen molar-refractivity contribution in [3.8, 4) is 0 Å². The highest BCUT2D eigenvalue weighted by molar-refractivity contribution is 6.07. The van der Waals surface area contributed by atoms with Gasteiger partial charge in [-0.05, 0) is 6.42 Å². The number of carboxylic acid groups (broad SMARTS) is 1. The molecule has 1 amide bonds. The molecule has 4 nitrogen and oxygen atoms in total. The fourth-order valence-corrected chi connectivity index (χ4v) is 1.59. The molecule has 2 unspecified atom stereocenters. The highest BCUT2D eigenvalue weighted by Crippen LogP contribution is 2.55. The Bertz CT molecular complexity index is 225. The first kappa shape index (κ1) is 5.70. The molecule has 0 aromatic heterocycles. The van der Waals surface area contributed by atoms with Crippen molar-refractivity contribution < 1.29 is 14.7 Å². The van der Waals surface area contributed by atoms with Crippen LogP contribution in [0.1, 0.15) is 6.42 Å². The predicted molar refractivity (Wildman–Crippen MR) is 31.2 cm³/mol. The van der Waals surface area contributed by atoms with Crippen molar-refractivity contribution in [1.29, 1.82) is 0 Å². The number of rotatable bonds is 1. The Balaban J connectivity index is 2.33. The number of hydrogen-bond acceptors (Lipinski definition) is 2. The summed E-state index contributed by atoms with van der Waals surface area (Å²) < 4.78 is 0. The second-order valence-electron chi connectivity index (χ2n) is 2.89. The van der Waals surface area contributed by atoms with E-state index < -0.39 is 11.4 Å². The summed E-state index contributed by atoms with van der Waals surface area (Å²) >= 11 is 0. The molecule has 2 aliphatic rings. The second-order valence-corrected chi connectivity index (χ2v) is 2.89. The summed E-state index contributed by atoms with van der Waals surface area (Å²) in [5.74, 6) is -1.20. The number of carboxylic acids is 1. The van der Waals surface area contributed by atoms with Gasteiger partial charge in [-0.2, -0.15) is 0 Å². The minimum absolute atomic E-state index is 0.0671. The minimum Gasteiger partial charge on any atom is -0.480 e. The van der Waals surface area contributed by atoms with Gasteiger partial charge in [0.25, 0.3) is 0 Å². The second kappa shape index (κ2) is 1.33. The van der Waals surface area contributed by atoms with Crippen LogP contribution in [0.25, 0.3) is 0 Å². The van der Waals surface area contributed by atoms with E-state index in [4.69, 9.17) is 5.11 Å². The van der Waals surface area contributed by atoms with Gasteiger partial charge in [0.1, 0.15) is 0 Å². The SMILES string of the molecule is O=C(O)C12CC1CNC2=O. The Morgan fingerprint density at radius 1 is 1.80 bits per heavy atom. The average Bonchev–Trinajstić information content (AvgIpc) is 2.52. The molecule has 0 aromatic rings. The van der Waals surface area contributed by atoms with Gasteiger partial charge in [0, 0.05) is 12.5 Å². The van der Waals surface area contributed by atoms with Crippen LogP contribution in [0.4, 0.5) is 0 Å². The first-order chi connectivity index (χ1) is 4.68. The summed E-state index contributed by atoms with van der Waals surface area (Å²) in [6.45, 7) is 0.547. The van der Waals surface area contributed by atoms with Crippen LogP contribution < -0.4 is 5.32 Å². The van der Waals surface area contributed by atoms with Gasteiger partial charge in [0.2, 0.25) is 5.91 Å². The van der Waals surface area contributed by atoms with E-state index in [0.29, 0.717) is 13.0 Å². The molecule has 54 valence electrons. The van der Waals surface area contributed by atoms with Gasteiger partial charge in [-0.15, -0.1) is 0 Å². The first-order valence-corrected chi connectivity index (χ1v) is 3.19. The topological polar surface area (TPSA) is 66.4 Å². The van der Waals surface area contributed by atoms with Gasteiger partial charge in [-0.3, -0.25) is 9.59 Å². The number of fused-ring (bicyclic) bond motifs is 1. The summed E-state index contributed by atoms with van der Waals surface area (Å²) in [5.41, 5.74) is -1.01. The van der Waals surface area contributed by atoms with E-state index in [2.05, 4.69) is 5.32 Å². The molecular weight excluding hydrogens is 134 g/mol. The van der Waals surface area contributed by atoms with Crippen LogP contribution in [0.15, 0.2) is 0 Å². The van der Waals surface area contributed by atoms with Crippen LogP contribution in [-0.4, -0.2) is 23.5 Å². The molecule has 10 heavy (non-hydrogen) atoms. The molecule has 1 heterocycles. The maximum atomic E-state index is 10.9. The molecule has 2 rings (SSSR count). The molecule has 1 saturated carbocycles. The van der Waals surface area contributed by atoms with Crippen molar-refractivity contribution in [2.45, 2.75) is 6.42 Å². The standard InChI is InChI=1S/C6H7NO3/c8-4-6(5(9)10)1-3(6)2-7-4/h3H,1-2H2,(H,7,8)(H,9,10). The van der Waals surface area contributed by atoms with Crippen LogP contribution in [0, 0.1) is 11.3 Å². The Morgan fingerprint density at radius 2 is 2.50 bits per heavy atom. The molecule has 0 spiro atoms. The van der Waals surface area contributed by atoms with E-state index in [1.54, 1.807) is 0 Å². The van der Waals surface area contributed by atoms with Crippen LogP contribution >= 0.6 is 0 Å².